The number of rotatable bonds is 7. The molecule has 0 amide bonds. The first-order chi connectivity index (χ1) is 15.8. The van der Waals surface area contributed by atoms with E-state index in [1.54, 1.807) is 6.33 Å². The number of benzene rings is 2. The van der Waals surface area contributed by atoms with Gasteiger partial charge < -0.3 is 15.0 Å². The third kappa shape index (κ3) is 3.73. The first kappa shape index (κ1) is 19.9. The van der Waals surface area contributed by atoms with Gasteiger partial charge in [0.25, 0.3) is 0 Å². The second-order valence-corrected chi connectivity index (χ2v) is 7.56. The molecule has 32 heavy (non-hydrogen) atoms. The van der Waals surface area contributed by atoms with Crippen LogP contribution in [0.25, 0.3) is 33.2 Å². The van der Waals surface area contributed by atoms with Gasteiger partial charge in [-0.25, -0.2) is 4.98 Å². The molecule has 2 aromatic carbocycles. The van der Waals surface area contributed by atoms with E-state index in [1.807, 2.05) is 42.6 Å². The molecule has 3 aromatic heterocycles. The summed E-state index contributed by atoms with van der Waals surface area (Å²) in [6.45, 7) is 4.20. The topological polar surface area (TPSA) is 88.6 Å². The van der Waals surface area contributed by atoms with Gasteiger partial charge in [0.05, 0.1) is 17.5 Å². The number of nitrogens with zero attached hydrogens (tertiary/aromatic N) is 4. The summed E-state index contributed by atoms with van der Waals surface area (Å²) in [4.78, 5) is 21.3. The Balaban J connectivity index is 1.56. The zero-order chi connectivity index (χ0) is 21.9. The van der Waals surface area contributed by atoms with Crippen molar-refractivity contribution < 1.29 is 4.74 Å². The number of aromatic amines is 1. The Morgan fingerprint density at radius 2 is 1.78 bits per heavy atom. The van der Waals surface area contributed by atoms with Gasteiger partial charge in [0.1, 0.15) is 11.6 Å². The first-order valence-electron chi connectivity index (χ1n) is 10.8. The Kier molecular flexibility index (Phi) is 5.37. The van der Waals surface area contributed by atoms with Crippen molar-refractivity contribution in [3.8, 4) is 17.0 Å². The molecule has 0 saturated carbocycles. The molecule has 0 aliphatic heterocycles. The van der Waals surface area contributed by atoms with Gasteiger partial charge in [0, 0.05) is 11.6 Å². The summed E-state index contributed by atoms with van der Waals surface area (Å²) in [6.07, 6.45) is 5.31. The molecule has 0 atom stereocenters. The van der Waals surface area contributed by atoms with E-state index in [9.17, 15) is 0 Å². The maximum Gasteiger partial charge on any atom is 0.245 e. The number of nitrogens with one attached hydrogen (secondary N) is 2. The van der Waals surface area contributed by atoms with Crippen LogP contribution in [0, 0.1) is 0 Å². The number of hydrogen-bond donors (Lipinski definition) is 2. The van der Waals surface area contributed by atoms with Gasteiger partial charge in [0.15, 0.2) is 5.65 Å². The van der Waals surface area contributed by atoms with Crippen molar-refractivity contribution in [3.05, 3.63) is 67.1 Å². The number of ether oxygens (including phenoxy) is 1. The van der Waals surface area contributed by atoms with Crippen LogP contribution >= 0.6 is 0 Å². The molecule has 160 valence electrons. The normalized spacial score (nSPS) is 11.3. The highest BCUT2D eigenvalue weighted by atomic mass is 16.5. The van der Waals surface area contributed by atoms with Crippen molar-refractivity contribution in [3.63, 3.8) is 0 Å². The fraction of sp³-hybridized carbons (Fsp3) is 0.200. The number of fused-ring (bicyclic) bond motifs is 2. The standard InChI is InChI=1S/C25H24N6O/c1-3-17(4-2)32-24-22-23(28-15-27-22)30-25(31-24)29-20-12-8-11-19-18(13-14-26-21(19)20)16-9-6-5-7-10-16/h5-15,17H,3-4H2,1-2H3,(H2,27,28,29,30,31). The Morgan fingerprint density at radius 3 is 2.59 bits per heavy atom. The monoisotopic (exact) mass is 424 g/mol. The van der Waals surface area contributed by atoms with Crippen LogP contribution in [0.15, 0.2) is 67.1 Å². The van der Waals surface area contributed by atoms with Crippen LogP contribution in [-0.4, -0.2) is 31.0 Å². The van der Waals surface area contributed by atoms with Gasteiger partial charge >= 0.3 is 0 Å². The number of para-hydroxylation sites is 1. The molecule has 7 nitrogen and oxygen atoms in total. The molecule has 0 saturated heterocycles. The van der Waals surface area contributed by atoms with Crippen molar-refractivity contribution in [1.29, 1.82) is 0 Å². The smallest absolute Gasteiger partial charge is 0.245 e. The fourth-order valence-electron chi connectivity index (χ4n) is 3.83. The Bertz CT molecular complexity index is 1360. The molecule has 7 heteroatoms. The van der Waals surface area contributed by atoms with Gasteiger partial charge in [-0.2, -0.15) is 9.97 Å². The molecular formula is C25H24N6O. The molecule has 5 rings (SSSR count). The second-order valence-electron chi connectivity index (χ2n) is 7.56. The van der Waals surface area contributed by atoms with Crippen molar-refractivity contribution in [1.82, 2.24) is 24.9 Å². The minimum atomic E-state index is 0.0805. The van der Waals surface area contributed by atoms with E-state index in [0.717, 1.165) is 40.6 Å². The summed E-state index contributed by atoms with van der Waals surface area (Å²) in [6, 6.07) is 18.4. The predicted octanol–water partition coefficient (Wildman–Crippen LogP) is 5.88. The average Bonchev–Trinajstić information content (AvgIpc) is 3.32. The van der Waals surface area contributed by atoms with Crippen LogP contribution in [-0.2, 0) is 0 Å². The second kappa shape index (κ2) is 8.63. The quantitative estimate of drug-likeness (QED) is 0.339. The van der Waals surface area contributed by atoms with Crippen LogP contribution in [0.1, 0.15) is 26.7 Å². The van der Waals surface area contributed by atoms with Gasteiger partial charge in [-0.15, -0.1) is 0 Å². The van der Waals surface area contributed by atoms with Gasteiger partial charge in [-0.3, -0.25) is 4.98 Å². The van der Waals surface area contributed by atoms with Crippen LogP contribution in [0.5, 0.6) is 5.88 Å². The number of imidazole rings is 1. The minimum absolute atomic E-state index is 0.0805. The summed E-state index contributed by atoms with van der Waals surface area (Å²) >= 11 is 0. The summed E-state index contributed by atoms with van der Waals surface area (Å²) in [7, 11) is 0. The van der Waals surface area contributed by atoms with E-state index in [-0.39, 0.29) is 6.10 Å². The van der Waals surface area contributed by atoms with Crippen molar-refractivity contribution >= 4 is 33.7 Å². The van der Waals surface area contributed by atoms with E-state index >= 15 is 0 Å². The summed E-state index contributed by atoms with van der Waals surface area (Å²) < 4.78 is 6.15. The molecule has 0 bridgehead atoms. The lowest BCUT2D eigenvalue weighted by Gasteiger charge is -2.16. The maximum atomic E-state index is 6.15. The molecule has 5 aromatic rings. The van der Waals surface area contributed by atoms with Crippen molar-refractivity contribution in [2.75, 3.05) is 5.32 Å². The summed E-state index contributed by atoms with van der Waals surface area (Å²) in [5.74, 6) is 0.923. The molecule has 0 aliphatic rings. The highest BCUT2D eigenvalue weighted by molar-refractivity contribution is 6.01. The molecular weight excluding hydrogens is 400 g/mol. The SMILES string of the molecule is CCC(CC)Oc1nc(Nc2cccc3c(-c4ccccc4)ccnc23)nc2nc[nH]c12. The number of aromatic nitrogens is 5. The molecule has 0 spiro atoms. The first-order valence-corrected chi connectivity index (χ1v) is 10.8. The third-order valence-electron chi connectivity index (χ3n) is 5.54. The Labute approximate surface area is 185 Å². The number of H-pyrrole nitrogens is 1. The van der Waals surface area contributed by atoms with E-state index in [4.69, 9.17) is 4.74 Å². The maximum absolute atomic E-state index is 6.15. The zero-order valence-corrected chi connectivity index (χ0v) is 18.0. The number of anilines is 2. The number of hydrogen-bond acceptors (Lipinski definition) is 6. The lowest BCUT2D eigenvalue weighted by Crippen LogP contribution is -2.15. The molecule has 0 unspecified atom stereocenters. The molecule has 0 aliphatic carbocycles. The van der Waals surface area contributed by atoms with Crippen LogP contribution in [0.4, 0.5) is 11.6 Å². The molecule has 3 heterocycles. The highest BCUT2D eigenvalue weighted by Crippen LogP contribution is 2.32. The molecule has 0 fully saturated rings. The van der Waals surface area contributed by atoms with Crippen LogP contribution < -0.4 is 10.1 Å². The van der Waals surface area contributed by atoms with E-state index in [1.165, 1.54) is 0 Å². The van der Waals surface area contributed by atoms with Gasteiger partial charge in [0.2, 0.25) is 11.8 Å². The van der Waals surface area contributed by atoms with Gasteiger partial charge in [-0.1, -0.05) is 56.3 Å². The van der Waals surface area contributed by atoms with Crippen LogP contribution in [0.2, 0.25) is 0 Å². The zero-order valence-electron chi connectivity index (χ0n) is 18.0. The third-order valence-corrected chi connectivity index (χ3v) is 5.54. The van der Waals surface area contributed by atoms with Crippen molar-refractivity contribution in [2.45, 2.75) is 32.8 Å². The Morgan fingerprint density at radius 1 is 0.938 bits per heavy atom. The predicted molar refractivity (Wildman–Crippen MR) is 127 cm³/mol. The Hall–Kier alpha value is -4.00. The lowest BCUT2D eigenvalue weighted by atomic mass is 10.0. The highest BCUT2D eigenvalue weighted by Gasteiger charge is 2.16. The molecule has 0 radical (unpaired) electrons. The lowest BCUT2D eigenvalue weighted by molar-refractivity contribution is 0.187. The van der Waals surface area contributed by atoms with E-state index < -0.39 is 0 Å². The fourth-order valence-corrected chi connectivity index (χ4v) is 3.83. The molecule has 2 N–H and O–H groups in total. The van der Waals surface area contributed by atoms with E-state index in [0.29, 0.717) is 23.0 Å². The van der Waals surface area contributed by atoms with Crippen molar-refractivity contribution in [2.24, 2.45) is 0 Å². The minimum Gasteiger partial charge on any atom is -0.473 e. The summed E-state index contributed by atoms with van der Waals surface area (Å²) in [5.41, 5.74) is 5.20. The largest absolute Gasteiger partial charge is 0.473 e. The average molecular weight is 425 g/mol. The summed E-state index contributed by atoms with van der Waals surface area (Å²) in [5, 5.41) is 4.39. The van der Waals surface area contributed by atoms with Crippen LogP contribution in [0.3, 0.4) is 0 Å². The van der Waals surface area contributed by atoms with Gasteiger partial charge in [-0.05, 0) is 36.1 Å². The van der Waals surface area contributed by atoms with E-state index in [2.05, 4.69) is 62.3 Å². The number of pyridine rings is 1.